The van der Waals surface area contributed by atoms with Crippen LogP contribution in [-0.4, -0.2) is 69.2 Å². The quantitative estimate of drug-likeness (QED) is 0.631. The molecule has 0 atom stereocenters. The molecule has 2 aliphatic rings. The van der Waals surface area contributed by atoms with Crippen molar-refractivity contribution in [1.29, 1.82) is 0 Å². The van der Waals surface area contributed by atoms with Crippen molar-refractivity contribution >= 4 is 27.0 Å². The average molecular weight is 471 g/mol. The Hall–Kier alpha value is -2.72. The van der Waals surface area contributed by atoms with Crippen LogP contribution in [0.2, 0.25) is 0 Å². The van der Waals surface area contributed by atoms with Gasteiger partial charge in [0, 0.05) is 51.3 Å². The second-order valence-corrected chi connectivity index (χ2v) is 11.0. The van der Waals surface area contributed by atoms with Gasteiger partial charge < -0.3 is 14.5 Å². The van der Waals surface area contributed by atoms with E-state index in [0.29, 0.717) is 50.8 Å². The molecule has 1 N–H and O–H groups in total. The lowest BCUT2D eigenvalue weighted by Gasteiger charge is -2.36. The number of fused-ring (bicyclic) bond motifs is 1. The number of aryl methyl sites for hydroxylation is 2. The Morgan fingerprint density at radius 2 is 1.73 bits per heavy atom. The van der Waals surface area contributed by atoms with Crippen molar-refractivity contribution in [2.45, 2.75) is 43.6 Å². The molecule has 5 rings (SSSR count). The summed E-state index contributed by atoms with van der Waals surface area (Å²) in [6.45, 7) is 3.91. The second-order valence-electron chi connectivity index (χ2n) is 9.15. The number of carbonyl (C=O) groups excluding carboxylic acids is 1. The lowest BCUT2D eigenvalue weighted by Crippen LogP contribution is -2.46. The van der Waals surface area contributed by atoms with Crippen LogP contribution in [0, 0.1) is 12.8 Å². The Kier molecular flexibility index (Phi) is 5.74. The molecule has 0 saturated carbocycles. The zero-order chi connectivity index (χ0) is 23.2. The van der Waals surface area contributed by atoms with Crippen LogP contribution in [-0.2, 0) is 21.9 Å². The fraction of sp³-hybridized carbons (Fsp3) is 0.522. The Morgan fingerprint density at radius 1 is 1.03 bits per heavy atom. The first-order chi connectivity index (χ1) is 15.8. The highest BCUT2D eigenvalue weighted by Crippen LogP contribution is 2.30. The maximum Gasteiger partial charge on any atom is 0.262 e. The number of sulfonamides is 1. The summed E-state index contributed by atoms with van der Waals surface area (Å²) in [6.07, 6.45) is 4.42. The summed E-state index contributed by atoms with van der Waals surface area (Å²) in [4.78, 5) is 27.4. The number of rotatable bonds is 4. The summed E-state index contributed by atoms with van der Waals surface area (Å²) in [5, 5.41) is 0.0833. The van der Waals surface area contributed by atoms with Gasteiger partial charge in [-0.25, -0.2) is 18.4 Å². The zero-order valence-corrected chi connectivity index (χ0v) is 19.9. The van der Waals surface area contributed by atoms with Gasteiger partial charge >= 0.3 is 0 Å². The second kappa shape index (κ2) is 8.57. The van der Waals surface area contributed by atoms with Gasteiger partial charge in [0.15, 0.2) is 5.03 Å². The topological polar surface area (TPSA) is 104 Å². The number of likely N-dealkylation sites (tertiary alicyclic amines) is 1. The molecule has 3 aromatic rings. The highest BCUT2D eigenvalue weighted by molar-refractivity contribution is 7.89. The number of benzene rings is 1. The predicted molar refractivity (Wildman–Crippen MR) is 124 cm³/mol. The van der Waals surface area contributed by atoms with Crippen LogP contribution < -0.4 is 0 Å². The minimum absolute atomic E-state index is 0.0833. The third-order valence-corrected chi connectivity index (χ3v) is 8.87. The van der Waals surface area contributed by atoms with E-state index in [4.69, 9.17) is 4.98 Å². The first kappa shape index (κ1) is 22.1. The standard InChI is InChI=1S/C23H30N6O3S/c1-16-24-21(15-27(16)2)33(31,32)29-13-9-18(10-14-29)23(30)28-11-7-17(8-12-28)22-25-19-5-3-4-6-20(19)26-22/h3-6,15,17-18H,7-14H2,1-2H3,(H,25,26). The van der Waals surface area contributed by atoms with Crippen LogP contribution in [0.3, 0.4) is 0 Å². The van der Waals surface area contributed by atoms with E-state index in [2.05, 4.69) is 9.97 Å². The molecule has 2 aromatic heterocycles. The Morgan fingerprint density at radius 3 is 2.36 bits per heavy atom. The molecule has 0 bridgehead atoms. The molecule has 2 fully saturated rings. The minimum atomic E-state index is -3.62. The molecular formula is C23H30N6O3S. The molecular weight excluding hydrogens is 440 g/mol. The maximum absolute atomic E-state index is 13.1. The summed E-state index contributed by atoms with van der Waals surface area (Å²) in [5.41, 5.74) is 2.03. The molecule has 0 spiro atoms. The number of H-pyrrole nitrogens is 1. The van der Waals surface area contributed by atoms with Gasteiger partial charge in [0.1, 0.15) is 11.6 Å². The molecule has 9 nitrogen and oxygen atoms in total. The van der Waals surface area contributed by atoms with Crippen molar-refractivity contribution in [2.75, 3.05) is 26.2 Å². The smallest absolute Gasteiger partial charge is 0.262 e. The average Bonchev–Trinajstić information content (AvgIpc) is 3.42. The third-order valence-electron chi connectivity index (χ3n) is 7.09. The number of nitrogens with zero attached hydrogens (tertiary/aromatic N) is 5. The van der Waals surface area contributed by atoms with E-state index < -0.39 is 10.0 Å². The van der Waals surface area contributed by atoms with Crippen molar-refractivity contribution < 1.29 is 13.2 Å². The molecule has 0 unspecified atom stereocenters. The van der Waals surface area contributed by atoms with E-state index in [1.54, 1.807) is 24.7 Å². The van der Waals surface area contributed by atoms with Crippen LogP contribution in [0.15, 0.2) is 35.5 Å². The number of hydrogen-bond donors (Lipinski definition) is 1. The SMILES string of the molecule is Cc1nc(S(=O)(=O)N2CCC(C(=O)N3CCC(c4nc5ccccc5[nH]4)CC3)CC2)cn1C. The number of amides is 1. The van der Waals surface area contributed by atoms with Gasteiger partial charge in [-0.05, 0) is 44.7 Å². The van der Waals surface area contributed by atoms with Gasteiger partial charge in [-0.2, -0.15) is 4.31 Å². The van der Waals surface area contributed by atoms with E-state index in [0.717, 1.165) is 29.7 Å². The van der Waals surface area contributed by atoms with Gasteiger partial charge in [0.25, 0.3) is 10.0 Å². The monoisotopic (exact) mass is 470 g/mol. The highest BCUT2D eigenvalue weighted by Gasteiger charge is 2.36. The zero-order valence-electron chi connectivity index (χ0n) is 19.1. The lowest BCUT2D eigenvalue weighted by molar-refractivity contribution is -0.137. The molecule has 10 heteroatoms. The first-order valence-corrected chi connectivity index (χ1v) is 13.0. The molecule has 1 aromatic carbocycles. The number of nitrogens with one attached hydrogen (secondary N) is 1. The fourth-order valence-electron chi connectivity index (χ4n) is 4.92. The van der Waals surface area contributed by atoms with Gasteiger partial charge in [-0.1, -0.05) is 12.1 Å². The number of para-hydroxylation sites is 2. The predicted octanol–water partition coefficient (Wildman–Crippen LogP) is 2.41. The maximum atomic E-state index is 13.1. The van der Waals surface area contributed by atoms with E-state index >= 15 is 0 Å². The summed E-state index contributed by atoms with van der Waals surface area (Å²) >= 11 is 0. The van der Waals surface area contributed by atoms with Crippen LogP contribution in [0.1, 0.15) is 43.3 Å². The molecule has 176 valence electrons. The number of aromatic amines is 1. The van der Waals surface area contributed by atoms with Gasteiger partial charge in [0.05, 0.1) is 11.0 Å². The molecule has 2 saturated heterocycles. The van der Waals surface area contributed by atoms with Crippen LogP contribution in [0.25, 0.3) is 11.0 Å². The highest BCUT2D eigenvalue weighted by atomic mass is 32.2. The van der Waals surface area contributed by atoms with E-state index in [9.17, 15) is 13.2 Å². The fourth-order valence-corrected chi connectivity index (χ4v) is 6.42. The minimum Gasteiger partial charge on any atom is -0.342 e. The van der Waals surface area contributed by atoms with Gasteiger partial charge in [-0.15, -0.1) is 0 Å². The van der Waals surface area contributed by atoms with Crippen molar-refractivity contribution in [3.63, 3.8) is 0 Å². The summed E-state index contributed by atoms with van der Waals surface area (Å²) < 4.78 is 29.0. The molecule has 1 amide bonds. The number of aromatic nitrogens is 4. The first-order valence-electron chi connectivity index (χ1n) is 11.6. The Bertz CT molecular complexity index is 1210. The molecule has 33 heavy (non-hydrogen) atoms. The number of imidazole rings is 2. The van der Waals surface area contributed by atoms with E-state index in [-0.39, 0.29) is 16.9 Å². The Labute approximate surface area is 193 Å². The Balaban J connectivity index is 1.16. The van der Waals surface area contributed by atoms with Crippen molar-refractivity contribution in [1.82, 2.24) is 28.7 Å². The lowest BCUT2D eigenvalue weighted by atomic mass is 9.92. The molecule has 0 aliphatic carbocycles. The van der Waals surface area contributed by atoms with Crippen LogP contribution >= 0.6 is 0 Å². The summed E-state index contributed by atoms with van der Waals surface area (Å²) in [5.74, 6) is 2.03. The summed E-state index contributed by atoms with van der Waals surface area (Å²) in [6, 6.07) is 8.03. The number of piperidine rings is 2. The van der Waals surface area contributed by atoms with Crippen molar-refractivity contribution in [2.24, 2.45) is 13.0 Å². The van der Waals surface area contributed by atoms with Gasteiger partial charge in [0.2, 0.25) is 5.91 Å². The molecule has 2 aliphatic heterocycles. The van der Waals surface area contributed by atoms with E-state index in [1.165, 1.54) is 4.31 Å². The normalized spacial score (nSPS) is 19.4. The number of hydrogen-bond acceptors (Lipinski definition) is 5. The van der Waals surface area contributed by atoms with E-state index in [1.807, 2.05) is 29.2 Å². The number of carbonyl (C=O) groups is 1. The largest absolute Gasteiger partial charge is 0.342 e. The van der Waals surface area contributed by atoms with Crippen LogP contribution in [0.5, 0.6) is 0 Å². The van der Waals surface area contributed by atoms with Crippen molar-refractivity contribution in [3.8, 4) is 0 Å². The van der Waals surface area contributed by atoms with Crippen molar-refractivity contribution in [3.05, 3.63) is 42.1 Å². The molecule has 4 heterocycles. The third kappa shape index (κ3) is 4.17. The van der Waals surface area contributed by atoms with Gasteiger partial charge in [-0.3, -0.25) is 4.79 Å². The molecule has 0 radical (unpaired) electrons. The van der Waals surface area contributed by atoms with Crippen LogP contribution in [0.4, 0.5) is 0 Å². The summed E-state index contributed by atoms with van der Waals surface area (Å²) in [7, 11) is -1.84.